The molecule has 0 saturated carbocycles. The number of thioether (sulfide) groups is 1. The Morgan fingerprint density at radius 1 is 0.849 bits per heavy atom. The molecule has 1 aromatic heterocycles. The van der Waals surface area contributed by atoms with Gasteiger partial charge in [0, 0.05) is 109 Å². The first-order valence-corrected chi connectivity index (χ1v) is 27.5. The van der Waals surface area contributed by atoms with Crippen molar-refractivity contribution in [2.45, 2.75) is 58.5 Å². The molecule has 4 N–H and O–H groups in total. The zero-order chi connectivity index (χ0) is 52.4. The zero-order valence-electron chi connectivity index (χ0n) is 39.5. The average molecular weight is 1090 g/mol. The molecule has 73 heavy (non-hydrogen) atoms. The normalized spacial score (nSPS) is 15.6. The monoisotopic (exact) mass is 1090 g/mol. The molecule has 0 spiro atoms. The van der Waals surface area contributed by atoms with Crippen LogP contribution >= 0.6 is 23.4 Å². The number of aliphatic hydroxyl groups is 1. The fraction of sp³-hybridized carbons (Fsp3) is 0.314. The van der Waals surface area contributed by atoms with Crippen LogP contribution in [0.4, 0.5) is 44.7 Å². The molecule has 22 heteroatoms. The minimum atomic E-state index is -6.07. The van der Waals surface area contributed by atoms with Crippen LogP contribution in [0.15, 0.2) is 124 Å². The number of carboxylic acids is 1. The third-order valence-corrected chi connectivity index (χ3v) is 17.5. The van der Waals surface area contributed by atoms with Crippen LogP contribution in [0.2, 0.25) is 5.02 Å². The number of sulfonamides is 1. The summed E-state index contributed by atoms with van der Waals surface area (Å²) in [6, 6.07) is 26.0. The molecule has 0 unspecified atom stereocenters. The third kappa shape index (κ3) is 11.9. The Labute approximate surface area is 429 Å². The van der Waals surface area contributed by atoms with Gasteiger partial charge in [-0.1, -0.05) is 41.9 Å². The van der Waals surface area contributed by atoms with Crippen molar-refractivity contribution in [3.63, 3.8) is 0 Å². The quantitative estimate of drug-likeness (QED) is 0.0506. The van der Waals surface area contributed by atoms with Gasteiger partial charge >= 0.3 is 11.5 Å². The number of aromatic carboxylic acids is 1. The molecule has 0 bridgehead atoms. The van der Waals surface area contributed by atoms with Crippen molar-refractivity contribution >= 4 is 71.9 Å². The molecule has 388 valence electrons. The summed E-state index contributed by atoms with van der Waals surface area (Å²) in [6.07, 6.45) is 1.14. The molecule has 5 aromatic carbocycles. The summed E-state index contributed by atoms with van der Waals surface area (Å²) in [6.45, 7) is 4.39. The lowest BCUT2D eigenvalue weighted by Gasteiger charge is -2.37. The number of rotatable bonds is 17. The van der Waals surface area contributed by atoms with Gasteiger partial charge in [0.25, 0.3) is 19.9 Å². The second-order valence-corrected chi connectivity index (χ2v) is 23.0. The lowest BCUT2D eigenvalue weighted by atomic mass is 9.95. The summed E-state index contributed by atoms with van der Waals surface area (Å²) >= 11 is 7.55. The first kappa shape index (κ1) is 53.5. The van der Waals surface area contributed by atoms with E-state index in [1.54, 1.807) is 59.8 Å². The van der Waals surface area contributed by atoms with Crippen LogP contribution in [0.5, 0.6) is 0 Å². The predicted molar refractivity (Wildman–Crippen MR) is 275 cm³/mol. The summed E-state index contributed by atoms with van der Waals surface area (Å²) < 4.78 is 133. The van der Waals surface area contributed by atoms with Gasteiger partial charge in [-0.15, -0.1) is 11.8 Å². The number of carbonyl (C=O) groups is 1. The van der Waals surface area contributed by atoms with E-state index >= 15 is 8.78 Å². The van der Waals surface area contributed by atoms with Crippen molar-refractivity contribution in [1.29, 1.82) is 0 Å². The van der Waals surface area contributed by atoms with Crippen LogP contribution in [0, 0.1) is 18.6 Å². The van der Waals surface area contributed by atoms with Gasteiger partial charge in [0.1, 0.15) is 10.7 Å². The van der Waals surface area contributed by atoms with Gasteiger partial charge in [0.05, 0.1) is 33.6 Å². The fourth-order valence-corrected chi connectivity index (χ4v) is 12.4. The zero-order valence-corrected chi connectivity index (χ0v) is 42.7. The number of halogens is 6. The number of nitrogens with zero attached hydrogens (tertiary/aromatic N) is 4. The molecule has 2 fully saturated rings. The number of benzene rings is 5. The predicted octanol–water partition coefficient (Wildman–Crippen LogP) is 10.1. The highest BCUT2D eigenvalue weighted by Crippen LogP contribution is 2.43. The van der Waals surface area contributed by atoms with Crippen LogP contribution in [-0.4, -0.2) is 112 Å². The maximum absolute atomic E-state index is 16.8. The first-order chi connectivity index (χ1) is 34.6. The molecule has 0 radical (unpaired) electrons. The number of piperazine rings is 1. The van der Waals surface area contributed by atoms with E-state index in [-0.39, 0.29) is 41.2 Å². The topological polar surface area (TPSA) is 165 Å². The number of alkyl halides is 3. The molecular formula is C51H52ClF5N6O7S3. The van der Waals surface area contributed by atoms with Crippen LogP contribution in [-0.2, 0) is 26.9 Å². The van der Waals surface area contributed by atoms with Crippen molar-refractivity contribution in [3.05, 3.63) is 137 Å². The lowest BCUT2D eigenvalue weighted by molar-refractivity contribution is -0.0436. The smallest absolute Gasteiger partial charge is 0.478 e. The number of likely N-dealkylation sites (tertiary alicyclic amines) is 1. The maximum Gasteiger partial charge on any atom is 0.501 e. The van der Waals surface area contributed by atoms with Crippen LogP contribution in [0.3, 0.4) is 0 Å². The van der Waals surface area contributed by atoms with Crippen LogP contribution < -0.4 is 19.8 Å². The Kier molecular flexibility index (Phi) is 16.1. The second kappa shape index (κ2) is 21.9. The van der Waals surface area contributed by atoms with Crippen molar-refractivity contribution in [1.82, 2.24) is 9.47 Å². The molecule has 13 nitrogen and oxygen atoms in total. The summed E-state index contributed by atoms with van der Waals surface area (Å²) in [5.74, 6) is -2.56. The molecule has 2 aliphatic rings. The number of hydrogen-bond acceptors (Lipinski definition) is 11. The average Bonchev–Trinajstić information content (AvgIpc) is 3.62. The Bertz CT molecular complexity index is 3190. The highest BCUT2D eigenvalue weighted by atomic mass is 35.5. The highest BCUT2D eigenvalue weighted by Gasteiger charge is 2.48. The molecule has 2 saturated heterocycles. The second-order valence-electron chi connectivity index (χ2n) is 17.9. The van der Waals surface area contributed by atoms with Crippen LogP contribution in [0.25, 0.3) is 22.4 Å². The molecule has 3 heterocycles. The number of carboxylic acid groups (broad SMARTS) is 1. The maximum atomic E-state index is 16.8. The largest absolute Gasteiger partial charge is 0.501 e. The summed E-state index contributed by atoms with van der Waals surface area (Å²) in [7, 11) is -9.09. The van der Waals surface area contributed by atoms with E-state index in [1.807, 2.05) is 35.2 Å². The van der Waals surface area contributed by atoms with E-state index in [4.69, 9.17) is 11.6 Å². The summed E-state index contributed by atoms with van der Waals surface area (Å²) in [5.41, 5.74) is -4.71. The molecule has 1 atom stereocenters. The van der Waals surface area contributed by atoms with Gasteiger partial charge in [-0.3, -0.25) is 4.72 Å². The minimum Gasteiger partial charge on any atom is -0.478 e. The molecule has 2 aliphatic heterocycles. The van der Waals surface area contributed by atoms with E-state index in [2.05, 4.69) is 14.9 Å². The first-order valence-electron chi connectivity index (χ1n) is 23.2. The van der Waals surface area contributed by atoms with E-state index in [0.717, 1.165) is 29.2 Å². The standard InChI is InChI=1S/C51H52ClF5N6O7S3/c1-32-46(50(65)66)47(49(60(32)2)33-8-10-34(52)11-9-33)42-28-35(53)29-44(48(42)54)63-26-24-62(25-27-63)38-14-12-36(13-15-38)59-73(69,70)41-16-17-43(45(30-41)72(67,68)51(55,56)57)58-37(31-71-40-6-4-3-5-7-40)18-21-61-22-19-39(64)20-23-61/h3-17,28-30,37,39,58-59,64H,18-27,31H2,1-2H3,(H,65,66)/t37-/m1/s1. The Morgan fingerprint density at radius 3 is 2.12 bits per heavy atom. The third-order valence-electron chi connectivity index (χ3n) is 13.2. The van der Waals surface area contributed by atoms with Gasteiger partial charge in [-0.25, -0.2) is 30.4 Å². The number of aromatic nitrogens is 1. The molecule has 6 aromatic rings. The highest BCUT2D eigenvalue weighted by molar-refractivity contribution is 7.99. The van der Waals surface area contributed by atoms with E-state index in [9.17, 15) is 45.0 Å². The van der Waals surface area contributed by atoms with Gasteiger partial charge in [0.15, 0.2) is 5.82 Å². The van der Waals surface area contributed by atoms with Crippen molar-refractivity contribution in [3.8, 4) is 22.4 Å². The van der Waals surface area contributed by atoms with Crippen LogP contribution in [0.1, 0.15) is 35.3 Å². The Morgan fingerprint density at radius 2 is 1.49 bits per heavy atom. The molecule has 0 amide bonds. The Balaban J connectivity index is 0.981. The van der Waals surface area contributed by atoms with Gasteiger partial charge in [-0.2, -0.15) is 13.2 Å². The Hall–Kier alpha value is -5.84. The van der Waals surface area contributed by atoms with Crippen molar-refractivity contribution < 1.29 is 53.8 Å². The fourth-order valence-electron chi connectivity index (χ4n) is 9.17. The van der Waals surface area contributed by atoms with Crippen molar-refractivity contribution in [2.75, 3.05) is 71.4 Å². The summed E-state index contributed by atoms with van der Waals surface area (Å²) in [5, 5.41) is 23.7. The van der Waals surface area contributed by atoms with Gasteiger partial charge in [0.2, 0.25) is 0 Å². The SMILES string of the molecule is Cc1c(C(=O)O)c(-c2cc(F)cc(N3CCN(c4ccc(NS(=O)(=O)c5ccc(N[C@H](CCN6CCC(O)CC6)CSc6ccccc6)c(S(=O)(=O)C(F)(F)F)c5)cc4)CC3)c2F)c(-c2ccc(Cl)cc2)n1C. The van der Waals surface area contributed by atoms with Gasteiger partial charge in [-0.05, 0) is 105 Å². The molecule has 0 aliphatic carbocycles. The van der Waals surface area contributed by atoms with E-state index in [1.165, 1.54) is 23.9 Å². The lowest BCUT2D eigenvalue weighted by Crippen LogP contribution is -2.46. The number of sulfone groups is 1. The number of aliphatic hydroxyl groups excluding tert-OH is 1. The number of hydrogen-bond donors (Lipinski definition) is 4. The number of nitrogens with one attached hydrogen (secondary N) is 2. The van der Waals surface area contributed by atoms with E-state index in [0.29, 0.717) is 91.5 Å². The summed E-state index contributed by atoms with van der Waals surface area (Å²) in [4.78, 5) is 17.3. The minimum absolute atomic E-state index is 0.0171. The number of anilines is 4. The van der Waals surface area contributed by atoms with E-state index < -0.39 is 70.6 Å². The molecule has 8 rings (SSSR count). The number of piperidine rings is 1. The van der Waals surface area contributed by atoms with Crippen molar-refractivity contribution in [2.24, 2.45) is 7.05 Å². The van der Waals surface area contributed by atoms with Gasteiger partial charge < -0.3 is 34.8 Å². The molecular weight excluding hydrogens is 1040 g/mol.